The Bertz CT molecular complexity index is 302. The number of rotatable bonds is 7. The van der Waals surface area contributed by atoms with E-state index in [9.17, 15) is 0 Å². The predicted molar refractivity (Wildman–Crippen MR) is 67.5 cm³/mol. The van der Waals surface area contributed by atoms with Gasteiger partial charge in [-0.3, -0.25) is 0 Å². The second-order valence-electron chi connectivity index (χ2n) is 4.14. The van der Waals surface area contributed by atoms with Crippen LogP contribution in [0.4, 0.5) is 5.82 Å². The van der Waals surface area contributed by atoms with E-state index in [-0.39, 0.29) is 0 Å². The molecule has 0 aliphatic heterocycles. The summed E-state index contributed by atoms with van der Waals surface area (Å²) in [6, 6.07) is 3.62. The molecule has 16 heavy (non-hydrogen) atoms. The lowest BCUT2D eigenvalue weighted by molar-refractivity contribution is 0.233. The molecule has 0 saturated carbocycles. The molecule has 2 N–H and O–H groups in total. The number of anilines is 1. The van der Waals surface area contributed by atoms with Crippen LogP contribution in [0.5, 0.6) is 5.75 Å². The summed E-state index contributed by atoms with van der Waals surface area (Å²) < 4.78 is 5.72. The van der Waals surface area contributed by atoms with Crippen molar-refractivity contribution >= 4 is 5.82 Å². The number of pyridine rings is 1. The van der Waals surface area contributed by atoms with Crippen molar-refractivity contribution in [3.63, 3.8) is 0 Å². The van der Waals surface area contributed by atoms with Gasteiger partial charge in [-0.2, -0.15) is 0 Å². The summed E-state index contributed by atoms with van der Waals surface area (Å²) in [5.74, 6) is 1.98. The first-order valence-corrected chi connectivity index (χ1v) is 6.10. The van der Waals surface area contributed by atoms with Gasteiger partial charge in [0.15, 0.2) is 0 Å². The largest absolute Gasteiger partial charge is 0.493 e. The third-order valence-electron chi connectivity index (χ3n) is 2.78. The number of aromatic nitrogens is 1. The molecule has 1 rings (SSSR count). The normalized spacial score (nSPS) is 12.4. The molecule has 1 atom stereocenters. The van der Waals surface area contributed by atoms with Crippen LogP contribution in [0, 0.1) is 5.92 Å². The minimum atomic E-state index is 0.513. The van der Waals surface area contributed by atoms with Gasteiger partial charge in [0.25, 0.3) is 0 Å². The number of nitrogens with zero attached hydrogens (tertiary/aromatic N) is 1. The van der Waals surface area contributed by atoms with Crippen LogP contribution in [0.15, 0.2) is 18.3 Å². The standard InChI is InChI=1S/C13H22N2O/c1-3-5-6-11(4-2)10-16-12-7-8-15-13(14)9-12/h7-9,11H,3-6,10H2,1-2H3,(H2,14,15). The Morgan fingerprint density at radius 1 is 1.44 bits per heavy atom. The molecule has 0 fully saturated rings. The van der Waals surface area contributed by atoms with E-state index in [1.54, 1.807) is 12.3 Å². The highest BCUT2D eigenvalue weighted by molar-refractivity contribution is 5.35. The predicted octanol–water partition coefficient (Wildman–Crippen LogP) is 3.26. The maximum absolute atomic E-state index is 5.72. The van der Waals surface area contributed by atoms with E-state index in [2.05, 4.69) is 18.8 Å². The van der Waals surface area contributed by atoms with Crippen LogP contribution in [-0.4, -0.2) is 11.6 Å². The molecule has 90 valence electrons. The maximum Gasteiger partial charge on any atom is 0.126 e. The lowest BCUT2D eigenvalue weighted by atomic mass is 10.0. The van der Waals surface area contributed by atoms with Crippen LogP contribution in [0.3, 0.4) is 0 Å². The van der Waals surface area contributed by atoms with Crippen molar-refractivity contribution in [3.05, 3.63) is 18.3 Å². The molecular weight excluding hydrogens is 200 g/mol. The monoisotopic (exact) mass is 222 g/mol. The second kappa shape index (κ2) is 7.09. The molecule has 1 unspecified atom stereocenters. The molecule has 0 aliphatic carbocycles. The zero-order chi connectivity index (χ0) is 11.8. The number of ether oxygens (including phenoxy) is 1. The van der Waals surface area contributed by atoms with Crippen molar-refractivity contribution in [2.45, 2.75) is 39.5 Å². The summed E-state index contributed by atoms with van der Waals surface area (Å²) in [6.07, 6.45) is 6.62. The number of nitrogens with two attached hydrogens (primary N) is 1. The van der Waals surface area contributed by atoms with Gasteiger partial charge < -0.3 is 10.5 Å². The first-order chi connectivity index (χ1) is 7.76. The molecule has 0 aromatic carbocycles. The summed E-state index contributed by atoms with van der Waals surface area (Å²) in [5, 5.41) is 0. The van der Waals surface area contributed by atoms with Gasteiger partial charge >= 0.3 is 0 Å². The topological polar surface area (TPSA) is 48.1 Å². The maximum atomic E-state index is 5.72. The molecule has 0 aliphatic rings. The van der Waals surface area contributed by atoms with Crippen LogP contribution in [0.2, 0.25) is 0 Å². The molecule has 3 heteroatoms. The summed E-state index contributed by atoms with van der Waals surface area (Å²) in [7, 11) is 0. The molecule has 1 aromatic rings. The Morgan fingerprint density at radius 3 is 2.88 bits per heavy atom. The van der Waals surface area contributed by atoms with E-state index in [0.717, 1.165) is 12.4 Å². The van der Waals surface area contributed by atoms with E-state index in [1.807, 2.05) is 6.07 Å². The quantitative estimate of drug-likeness (QED) is 0.770. The highest BCUT2D eigenvalue weighted by atomic mass is 16.5. The Kier molecular flexibility index (Phi) is 5.68. The fraction of sp³-hybridized carbons (Fsp3) is 0.615. The van der Waals surface area contributed by atoms with E-state index >= 15 is 0 Å². The zero-order valence-corrected chi connectivity index (χ0v) is 10.3. The van der Waals surface area contributed by atoms with Gasteiger partial charge in [0.1, 0.15) is 11.6 Å². The molecular formula is C13H22N2O. The first kappa shape index (κ1) is 12.8. The molecule has 0 radical (unpaired) electrons. The van der Waals surface area contributed by atoms with Gasteiger partial charge in [0.2, 0.25) is 0 Å². The summed E-state index contributed by atoms with van der Waals surface area (Å²) in [4.78, 5) is 3.93. The molecule has 3 nitrogen and oxygen atoms in total. The van der Waals surface area contributed by atoms with Crippen molar-refractivity contribution < 1.29 is 4.74 Å². The SMILES string of the molecule is CCCCC(CC)COc1ccnc(N)c1. The lowest BCUT2D eigenvalue weighted by Crippen LogP contribution is -2.11. The summed E-state index contributed by atoms with van der Waals surface area (Å²) in [6.45, 7) is 5.21. The summed E-state index contributed by atoms with van der Waals surface area (Å²) in [5.41, 5.74) is 5.59. The molecule has 0 bridgehead atoms. The van der Waals surface area contributed by atoms with Crippen LogP contribution in [0.1, 0.15) is 39.5 Å². The van der Waals surface area contributed by atoms with Crippen LogP contribution >= 0.6 is 0 Å². The number of unbranched alkanes of at least 4 members (excludes halogenated alkanes) is 1. The first-order valence-electron chi connectivity index (χ1n) is 6.10. The minimum absolute atomic E-state index is 0.513. The molecule has 0 spiro atoms. The van der Waals surface area contributed by atoms with Crippen molar-refractivity contribution in [1.29, 1.82) is 0 Å². The van der Waals surface area contributed by atoms with E-state index in [0.29, 0.717) is 11.7 Å². The highest BCUT2D eigenvalue weighted by Crippen LogP contribution is 2.17. The van der Waals surface area contributed by atoms with Crippen LogP contribution in [-0.2, 0) is 0 Å². The second-order valence-corrected chi connectivity index (χ2v) is 4.14. The van der Waals surface area contributed by atoms with Gasteiger partial charge in [-0.25, -0.2) is 4.98 Å². The van der Waals surface area contributed by atoms with Gasteiger partial charge in [0, 0.05) is 12.3 Å². The molecule has 0 saturated heterocycles. The van der Waals surface area contributed by atoms with Crippen molar-refractivity contribution in [1.82, 2.24) is 4.98 Å². The third-order valence-corrected chi connectivity index (χ3v) is 2.78. The van der Waals surface area contributed by atoms with Crippen LogP contribution in [0.25, 0.3) is 0 Å². The van der Waals surface area contributed by atoms with Crippen molar-refractivity contribution in [3.8, 4) is 5.75 Å². The van der Waals surface area contributed by atoms with E-state index in [4.69, 9.17) is 10.5 Å². The molecule has 1 heterocycles. The van der Waals surface area contributed by atoms with Crippen molar-refractivity contribution in [2.24, 2.45) is 5.92 Å². The number of hydrogen-bond acceptors (Lipinski definition) is 3. The average Bonchev–Trinajstić information content (AvgIpc) is 2.29. The van der Waals surface area contributed by atoms with E-state index in [1.165, 1.54) is 25.7 Å². The van der Waals surface area contributed by atoms with E-state index < -0.39 is 0 Å². The fourth-order valence-electron chi connectivity index (χ4n) is 1.63. The average molecular weight is 222 g/mol. The third kappa shape index (κ3) is 4.51. The Balaban J connectivity index is 2.37. The smallest absolute Gasteiger partial charge is 0.126 e. The van der Waals surface area contributed by atoms with Crippen LogP contribution < -0.4 is 10.5 Å². The highest BCUT2D eigenvalue weighted by Gasteiger charge is 2.06. The minimum Gasteiger partial charge on any atom is -0.493 e. The van der Waals surface area contributed by atoms with Gasteiger partial charge in [0.05, 0.1) is 6.61 Å². The van der Waals surface area contributed by atoms with Gasteiger partial charge in [-0.15, -0.1) is 0 Å². The Labute approximate surface area is 98.0 Å². The van der Waals surface area contributed by atoms with Crippen molar-refractivity contribution in [2.75, 3.05) is 12.3 Å². The zero-order valence-electron chi connectivity index (χ0n) is 10.3. The molecule has 0 amide bonds. The van der Waals surface area contributed by atoms with Gasteiger partial charge in [-0.05, 0) is 18.4 Å². The van der Waals surface area contributed by atoms with Gasteiger partial charge in [-0.1, -0.05) is 33.1 Å². The molecule has 1 aromatic heterocycles. The lowest BCUT2D eigenvalue weighted by Gasteiger charge is -2.15. The number of nitrogen functional groups attached to an aromatic ring is 1. The number of hydrogen-bond donors (Lipinski definition) is 1. The Hall–Kier alpha value is -1.25. The Morgan fingerprint density at radius 2 is 2.25 bits per heavy atom. The fourth-order valence-corrected chi connectivity index (χ4v) is 1.63. The summed E-state index contributed by atoms with van der Waals surface area (Å²) >= 11 is 0.